The van der Waals surface area contributed by atoms with Gasteiger partial charge in [-0.15, -0.1) is 0 Å². The predicted molar refractivity (Wildman–Crippen MR) is 90.5 cm³/mol. The van der Waals surface area contributed by atoms with Crippen LogP contribution in [0.2, 0.25) is 0 Å². The van der Waals surface area contributed by atoms with Gasteiger partial charge in [0.25, 0.3) is 5.56 Å². The monoisotopic (exact) mass is 312 g/mol. The number of nitrogens with one attached hydrogen (secondary N) is 1. The zero-order valence-corrected chi connectivity index (χ0v) is 13.4. The van der Waals surface area contributed by atoms with Gasteiger partial charge in [-0.05, 0) is 50.3 Å². The molecule has 122 valence electrons. The summed E-state index contributed by atoms with van der Waals surface area (Å²) in [6.45, 7) is 4.14. The highest BCUT2D eigenvalue weighted by Crippen LogP contribution is 2.28. The highest BCUT2D eigenvalue weighted by Gasteiger charge is 2.24. The lowest BCUT2D eigenvalue weighted by Crippen LogP contribution is -2.42. The van der Waals surface area contributed by atoms with Crippen LogP contribution in [-0.4, -0.2) is 40.0 Å². The maximum absolute atomic E-state index is 12.1. The second-order valence-corrected chi connectivity index (χ2v) is 6.92. The van der Waals surface area contributed by atoms with E-state index in [-0.39, 0.29) is 5.56 Å². The van der Waals surface area contributed by atoms with Crippen molar-refractivity contribution in [2.24, 2.45) is 5.92 Å². The van der Waals surface area contributed by atoms with Crippen LogP contribution in [0.3, 0.4) is 0 Å². The molecule has 23 heavy (non-hydrogen) atoms. The number of rotatable bonds is 5. The molecule has 0 atom stereocenters. The van der Waals surface area contributed by atoms with Crippen LogP contribution < -0.4 is 10.9 Å². The van der Waals surface area contributed by atoms with Crippen LogP contribution >= 0.6 is 0 Å². The highest BCUT2D eigenvalue weighted by molar-refractivity contribution is 5.37. The fraction of sp³-hybridized carbons (Fsp3) is 0.556. The third-order valence-electron chi connectivity index (χ3n) is 4.99. The first-order valence-corrected chi connectivity index (χ1v) is 8.71. The van der Waals surface area contributed by atoms with Crippen LogP contribution in [0.1, 0.15) is 31.4 Å². The summed E-state index contributed by atoms with van der Waals surface area (Å²) in [6.07, 6.45) is 6.98. The van der Waals surface area contributed by atoms with Gasteiger partial charge in [0.2, 0.25) is 0 Å². The van der Waals surface area contributed by atoms with E-state index in [1.165, 1.54) is 32.2 Å². The Morgan fingerprint density at radius 2 is 2.00 bits per heavy atom. The van der Waals surface area contributed by atoms with E-state index in [0.717, 1.165) is 36.9 Å². The largest absolute Gasteiger partial charge is 0.314 e. The van der Waals surface area contributed by atoms with E-state index < -0.39 is 0 Å². The van der Waals surface area contributed by atoms with Crippen molar-refractivity contribution in [3.63, 3.8) is 0 Å². The quantitative estimate of drug-likeness (QED) is 0.912. The predicted octanol–water partition coefficient (Wildman–Crippen LogP) is 1.66. The smallest absolute Gasteiger partial charge is 0.258 e. The molecule has 0 spiro atoms. The molecule has 1 saturated heterocycles. The van der Waals surface area contributed by atoms with Gasteiger partial charge in [-0.2, -0.15) is 0 Å². The third-order valence-corrected chi connectivity index (χ3v) is 4.99. The van der Waals surface area contributed by atoms with E-state index >= 15 is 0 Å². The van der Waals surface area contributed by atoms with Gasteiger partial charge in [0.15, 0.2) is 0 Å². The normalized spacial score (nSPS) is 20.2. The van der Waals surface area contributed by atoms with Gasteiger partial charge in [-0.1, -0.05) is 6.07 Å². The molecule has 0 radical (unpaired) electrons. The summed E-state index contributed by atoms with van der Waals surface area (Å²) in [7, 11) is 0. The van der Waals surface area contributed by atoms with Gasteiger partial charge in [-0.25, -0.2) is 4.98 Å². The molecular formula is C18H24N4O. The summed E-state index contributed by atoms with van der Waals surface area (Å²) in [5, 5.41) is 3.71. The zero-order valence-electron chi connectivity index (χ0n) is 13.4. The first-order valence-electron chi connectivity index (χ1n) is 8.71. The van der Waals surface area contributed by atoms with Gasteiger partial charge in [-0.3, -0.25) is 14.1 Å². The molecule has 2 fully saturated rings. The second kappa shape index (κ2) is 6.42. The van der Waals surface area contributed by atoms with Crippen molar-refractivity contribution in [3.05, 3.63) is 46.5 Å². The summed E-state index contributed by atoms with van der Waals surface area (Å²) < 4.78 is 1.59. The molecular weight excluding hydrogens is 288 g/mol. The molecule has 2 aromatic heterocycles. The van der Waals surface area contributed by atoms with E-state index in [1.807, 2.05) is 18.2 Å². The van der Waals surface area contributed by atoms with Crippen LogP contribution in [0.25, 0.3) is 5.65 Å². The minimum Gasteiger partial charge on any atom is -0.314 e. The molecule has 2 aromatic rings. The van der Waals surface area contributed by atoms with Gasteiger partial charge >= 0.3 is 0 Å². The minimum absolute atomic E-state index is 0.00610. The maximum Gasteiger partial charge on any atom is 0.258 e. The van der Waals surface area contributed by atoms with Crippen molar-refractivity contribution in [3.8, 4) is 0 Å². The molecule has 1 aliphatic heterocycles. The van der Waals surface area contributed by atoms with E-state index in [2.05, 4.69) is 15.2 Å². The van der Waals surface area contributed by atoms with E-state index in [0.29, 0.717) is 6.04 Å². The number of pyridine rings is 1. The number of likely N-dealkylation sites (tertiary alicyclic amines) is 1. The number of nitrogens with zero attached hydrogens (tertiary/aromatic N) is 3. The number of aromatic nitrogens is 2. The van der Waals surface area contributed by atoms with Gasteiger partial charge < -0.3 is 5.32 Å². The SMILES string of the molecule is O=c1cc(CN2CCC(NCC3CC3)CC2)nc2ccccn12. The summed E-state index contributed by atoms with van der Waals surface area (Å²) in [6, 6.07) is 8.00. The van der Waals surface area contributed by atoms with E-state index in [4.69, 9.17) is 0 Å². The Balaban J connectivity index is 1.36. The fourth-order valence-electron chi connectivity index (χ4n) is 3.36. The van der Waals surface area contributed by atoms with Gasteiger partial charge in [0, 0.05) is 37.9 Å². The minimum atomic E-state index is 0.00610. The highest BCUT2D eigenvalue weighted by atomic mass is 16.1. The molecule has 0 amide bonds. The summed E-state index contributed by atoms with van der Waals surface area (Å²) in [5.74, 6) is 0.947. The Kier molecular flexibility index (Phi) is 4.14. The lowest BCUT2D eigenvalue weighted by Gasteiger charge is -2.32. The third kappa shape index (κ3) is 3.62. The Hall–Kier alpha value is -1.72. The van der Waals surface area contributed by atoms with Crippen LogP contribution in [0.15, 0.2) is 35.3 Å². The number of piperidine rings is 1. The summed E-state index contributed by atoms with van der Waals surface area (Å²) >= 11 is 0. The molecule has 1 aliphatic carbocycles. The van der Waals surface area contributed by atoms with Gasteiger partial charge in [0.05, 0.1) is 5.69 Å². The van der Waals surface area contributed by atoms with Crippen molar-refractivity contribution in [1.82, 2.24) is 19.6 Å². The summed E-state index contributed by atoms with van der Waals surface area (Å²) in [5.41, 5.74) is 1.62. The van der Waals surface area contributed by atoms with E-state index in [9.17, 15) is 4.79 Å². The van der Waals surface area contributed by atoms with Crippen molar-refractivity contribution in [2.75, 3.05) is 19.6 Å². The standard InChI is InChI=1S/C18H24N4O/c23-18-11-16(20-17-3-1-2-8-22(17)18)13-21-9-6-15(7-10-21)19-12-14-4-5-14/h1-3,8,11,14-15,19H,4-7,9-10,12-13H2. The number of hydrogen-bond donors (Lipinski definition) is 1. The lowest BCUT2D eigenvalue weighted by atomic mass is 10.0. The first-order chi connectivity index (χ1) is 11.3. The molecule has 0 unspecified atom stereocenters. The molecule has 1 N–H and O–H groups in total. The molecule has 0 aromatic carbocycles. The van der Waals surface area contributed by atoms with Gasteiger partial charge in [0.1, 0.15) is 5.65 Å². The van der Waals surface area contributed by atoms with E-state index in [1.54, 1.807) is 16.7 Å². The van der Waals surface area contributed by atoms with Crippen molar-refractivity contribution >= 4 is 5.65 Å². The number of hydrogen-bond acceptors (Lipinski definition) is 4. The molecule has 1 saturated carbocycles. The zero-order chi connectivity index (χ0) is 15.6. The van der Waals surface area contributed by atoms with Crippen molar-refractivity contribution in [1.29, 1.82) is 0 Å². The Bertz CT molecular complexity index is 729. The average Bonchev–Trinajstić information content (AvgIpc) is 3.39. The van der Waals surface area contributed by atoms with Crippen LogP contribution in [0, 0.1) is 5.92 Å². The Morgan fingerprint density at radius 3 is 2.78 bits per heavy atom. The molecule has 2 aliphatic rings. The molecule has 0 bridgehead atoms. The lowest BCUT2D eigenvalue weighted by molar-refractivity contribution is 0.188. The molecule has 5 heteroatoms. The van der Waals surface area contributed by atoms with Crippen molar-refractivity contribution in [2.45, 2.75) is 38.3 Å². The van der Waals surface area contributed by atoms with Crippen LogP contribution in [0.5, 0.6) is 0 Å². The second-order valence-electron chi connectivity index (χ2n) is 6.92. The van der Waals surface area contributed by atoms with Crippen molar-refractivity contribution < 1.29 is 0 Å². The molecule has 5 nitrogen and oxygen atoms in total. The first kappa shape index (κ1) is 14.8. The maximum atomic E-state index is 12.1. The summed E-state index contributed by atoms with van der Waals surface area (Å²) in [4.78, 5) is 19.2. The Morgan fingerprint density at radius 1 is 1.17 bits per heavy atom. The molecule has 3 heterocycles. The Labute approximate surface area is 136 Å². The topological polar surface area (TPSA) is 49.6 Å². The number of fused-ring (bicyclic) bond motifs is 1. The van der Waals surface area contributed by atoms with Crippen LogP contribution in [0.4, 0.5) is 0 Å². The van der Waals surface area contributed by atoms with Crippen LogP contribution in [-0.2, 0) is 6.54 Å². The fourth-order valence-corrected chi connectivity index (χ4v) is 3.36. The average molecular weight is 312 g/mol. The molecule has 4 rings (SSSR count).